The molecule has 0 aliphatic heterocycles. The first-order chi connectivity index (χ1) is 17.0. The molecular weight excluding hydrogens is 483 g/mol. The highest BCUT2D eigenvalue weighted by molar-refractivity contribution is 6.34. The van der Waals surface area contributed by atoms with Gasteiger partial charge in [0, 0.05) is 10.6 Å². The molecule has 0 bridgehead atoms. The van der Waals surface area contributed by atoms with Crippen LogP contribution in [-0.4, -0.2) is 20.9 Å². The Hall–Kier alpha value is -3.61. The molecule has 0 radical (unpaired) electrons. The van der Waals surface area contributed by atoms with Gasteiger partial charge in [0.05, 0.1) is 16.4 Å². The van der Waals surface area contributed by atoms with E-state index < -0.39 is 5.91 Å². The second-order valence-corrected chi connectivity index (χ2v) is 9.05. The zero-order valence-electron chi connectivity index (χ0n) is 19.0. The van der Waals surface area contributed by atoms with Crippen molar-refractivity contribution in [3.63, 3.8) is 0 Å². The second kappa shape index (κ2) is 9.94. The lowest BCUT2D eigenvalue weighted by Gasteiger charge is -2.05. The molecule has 0 aliphatic carbocycles. The number of carbonyl (C=O) groups is 1. The van der Waals surface area contributed by atoms with Crippen molar-refractivity contribution >= 4 is 45.8 Å². The van der Waals surface area contributed by atoms with Crippen molar-refractivity contribution in [1.29, 1.82) is 0 Å². The molecule has 5 aromatic rings. The lowest BCUT2D eigenvalue weighted by Crippen LogP contribution is -2.11. The van der Waals surface area contributed by atoms with Crippen molar-refractivity contribution in [2.45, 2.75) is 26.2 Å². The first-order valence-corrected chi connectivity index (χ1v) is 12.1. The number of amides is 1. The third-order valence-corrected chi connectivity index (χ3v) is 6.23. The van der Waals surface area contributed by atoms with Gasteiger partial charge in [0.2, 0.25) is 0 Å². The van der Waals surface area contributed by atoms with E-state index in [1.54, 1.807) is 41.2 Å². The first kappa shape index (κ1) is 23.1. The van der Waals surface area contributed by atoms with Crippen LogP contribution in [0, 0.1) is 0 Å². The third kappa shape index (κ3) is 5.09. The lowest BCUT2D eigenvalue weighted by molar-refractivity contribution is 0.0997. The first-order valence-electron chi connectivity index (χ1n) is 11.3. The third-order valence-electron chi connectivity index (χ3n) is 5.66. The predicted octanol–water partition coefficient (Wildman–Crippen LogP) is 7.58. The smallest absolute Gasteiger partial charge is 0.291 e. The normalized spacial score (nSPS) is 11.2. The van der Waals surface area contributed by atoms with E-state index in [1.165, 1.54) is 5.56 Å². The van der Waals surface area contributed by atoms with E-state index >= 15 is 0 Å². The Balaban J connectivity index is 1.35. The van der Waals surface area contributed by atoms with Crippen molar-refractivity contribution in [2.24, 2.45) is 0 Å². The number of unbranched alkanes of at least 4 members (excludes halogenated alkanes) is 1. The van der Waals surface area contributed by atoms with Crippen LogP contribution in [0.15, 0.2) is 77.2 Å². The molecular formula is C27H22Cl2N4O2. The molecule has 0 spiro atoms. The summed E-state index contributed by atoms with van der Waals surface area (Å²) < 4.78 is 5.74. The van der Waals surface area contributed by atoms with Gasteiger partial charge in [-0.1, -0.05) is 48.7 Å². The standard InChI is InChI=1S/C27H22Cl2N4O2/c1-2-3-4-17-5-11-20(12-6-17)33-31-23-15-21(29)22(16-24(23)32-33)30-27(34)26-14-13-25(35-26)18-7-9-19(28)10-8-18/h5-16H,2-4H2,1H3,(H,30,34). The molecule has 6 nitrogen and oxygen atoms in total. The number of benzene rings is 3. The number of carbonyl (C=O) groups excluding carboxylic acids is 1. The summed E-state index contributed by atoms with van der Waals surface area (Å²) in [4.78, 5) is 14.4. The number of fused-ring (bicyclic) bond motifs is 1. The number of hydrogen-bond acceptors (Lipinski definition) is 4. The molecule has 1 N–H and O–H groups in total. The molecule has 0 saturated carbocycles. The molecule has 0 atom stereocenters. The fourth-order valence-corrected chi connectivity index (χ4v) is 4.07. The van der Waals surface area contributed by atoms with Gasteiger partial charge in [-0.05, 0) is 79.1 Å². The van der Waals surface area contributed by atoms with Crippen LogP contribution >= 0.6 is 23.2 Å². The lowest BCUT2D eigenvalue weighted by atomic mass is 10.1. The Kier molecular flexibility index (Phi) is 6.57. The van der Waals surface area contributed by atoms with E-state index in [9.17, 15) is 4.79 Å². The van der Waals surface area contributed by atoms with Gasteiger partial charge >= 0.3 is 0 Å². The van der Waals surface area contributed by atoms with E-state index in [-0.39, 0.29) is 5.76 Å². The molecule has 0 saturated heterocycles. The molecule has 1 amide bonds. The zero-order valence-corrected chi connectivity index (χ0v) is 20.5. The summed E-state index contributed by atoms with van der Waals surface area (Å²) in [5, 5.41) is 12.9. The monoisotopic (exact) mass is 504 g/mol. The maximum absolute atomic E-state index is 12.8. The number of hydrogen-bond donors (Lipinski definition) is 1. The van der Waals surface area contributed by atoms with E-state index in [1.807, 2.05) is 24.3 Å². The minimum Gasteiger partial charge on any atom is -0.451 e. The van der Waals surface area contributed by atoms with Crippen molar-refractivity contribution in [3.05, 3.63) is 94.2 Å². The number of aryl methyl sites for hydroxylation is 1. The summed E-state index contributed by atoms with van der Waals surface area (Å²) in [7, 11) is 0. The molecule has 176 valence electrons. The molecule has 2 aromatic heterocycles. The molecule has 8 heteroatoms. The van der Waals surface area contributed by atoms with Crippen LogP contribution in [0.3, 0.4) is 0 Å². The number of nitrogens with one attached hydrogen (secondary N) is 1. The van der Waals surface area contributed by atoms with Gasteiger partial charge in [-0.15, -0.1) is 10.2 Å². The van der Waals surface area contributed by atoms with E-state index in [2.05, 4.69) is 34.6 Å². The van der Waals surface area contributed by atoms with Crippen LogP contribution in [0.1, 0.15) is 35.9 Å². The minimum atomic E-state index is -0.415. The van der Waals surface area contributed by atoms with Crippen LogP contribution in [0.25, 0.3) is 28.0 Å². The summed E-state index contributed by atoms with van der Waals surface area (Å²) in [5.74, 6) is 0.316. The topological polar surface area (TPSA) is 73.0 Å². The highest BCUT2D eigenvalue weighted by atomic mass is 35.5. The Morgan fingerprint density at radius 3 is 2.37 bits per heavy atom. The Morgan fingerprint density at radius 1 is 0.943 bits per heavy atom. The Labute approximate surface area is 212 Å². The van der Waals surface area contributed by atoms with Gasteiger partial charge in [-0.2, -0.15) is 4.80 Å². The summed E-state index contributed by atoms with van der Waals surface area (Å²) in [6, 6.07) is 22.1. The van der Waals surface area contributed by atoms with Crippen molar-refractivity contribution < 1.29 is 9.21 Å². The van der Waals surface area contributed by atoms with Gasteiger partial charge in [-0.3, -0.25) is 4.79 Å². The number of furan rings is 1. The van der Waals surface area contributed by atoms with E-state index in [4.69, 9.17) is 27.6 Å². The largest absolute Gasteiger partial charge is 0.451 e. The Morgan fingerprint density at radius 2 is 1.66 bits per heavy atom. The molecule has 0 aliphatic rings. The quantitative estimate of drug-likeness (QED) is 0.247. The fourth-order valence-electron chi connectivity index (χ4n) is 3.74. The molecule has 0 unspecified atom stereocenters. The van der Waals surface area contributed by atoms with Crippen molar-refractivity contribution in [2.75, 3.05) is 5.32 Å². The van der Waals surface area contributed by atoms with Gasteiger partial charge in [0.25, 0.3) is 5.91 Å². The summed E-state index contributed by atoms with van der Waals surface area (Å²) >= 11 is 12.4. The van der Waals surface area contributed by atoms with Crippen LogP contribution in [0.2, 0.25) is 10.0 Å². The van der Waals surface area contributed by atoms with Gasteiger partial charge < -0.3 is 9.73 Å². The highest BCUT2D eigenvalue weighted by Gasteiger charge is 2.16. The van der Waals surface area contributed by atoms with Crippen LogP contribution < -0.4 is 5.32 Å². The molecule has 2 heterocycles. The maximum atomic E-state index is 12.8. The average molecular weight is 505 g/mol. The summed E-state index contributed by atoms with van der Waals surface area (Å²) in [6.07, 6.45) is 3.38. The van der Waals surface area contributed by atoms with E-state index in [0.29, 0.717) is 32.5 Å². The fraction of sp³-hybridized carbons (Fsp3) is 0.148. The predicted molar refractivity (Wildman–Crippen MR) is 140 cm³/mol. The second-order valence-electron chi connectivity index (χ2n) is 8.21. The van der Waals surface area contributed by atoms with Gasteiger partial charge in [0.15, 0.2) is 5.76 Å². The van der Waals surface area contributed by atoms with Crippen LogP contribution in [0.4, 0.5) is 5.69 Å². The molecule has 35 heavy (non-hydrogen) atoms. The SMILES string of the molecule is CCCCc1ccc(-n2nc3cc(Cl)c(NC(=O)c4ccc(-c5ccc(Cl)cc5)o4)cc3n2)cc1. The molecule has 5 rings (SSSR count). The van der Waals surface area contributed by atoms with Crippen molar-refractivity contribution in [1.82, 2.24) is 15.0 Å². The van der Waals surface area contributed by atoms with Gasteiger partial charge in [0.1, 0.15) is 16.8 Å². The van der Waals surface area contributed by atoms with Crippen LogP contribution in [0.5, 0.6) is 0 Å². The summed E-state index contributed by atoms with van der Waals surface area (Å²) in [6.45, 7) is 2.18. The number of rotatable bonds is 7. The maximum Gasteiger partial charge on any atom is 0.291 e. The minimum absolute atomic E-state index is 0.165. The van der Waals surface area contributed by atoms with Crippen molar-refractivity contribution in [3.8, 4) is 17.0 Å². The Bertz CT molecular complexity index is 1490. The highest BCUT2D eigenvalue weighted by Crippen LogP contribution is 2.29. The number of aromatic nitrogens is 3. The van der Waals surface area contributed by atoms with E-state index in [0.717, 1.165) is 30.5 Å². The molecule has 3 aromatic carbocycles. The molecule has 0 fully saturated rings. The number of nitrogens with zero attached hydrogens (tertiary/aromatic N) is 3. The average Bonchev–Trinajstić information content (AvgIpc) is 3.51. The number of anilines is 1. The zero-order chi connectivity index (χ0) is 24.4. The number of halogens is 2. The van der Waals surface area contributed by atoms with Crippen LogP contribution in [-0.2, 0) is 6.42 Å². The van der Waals surface area contributed by atoms with Gasteiger partial charge in [-0.25, -0.2) is 0 Å². The summed E-state index contributed by atoms with van der Waals surface area (Å²) in [5.41, 5.74) is 4.64.